The molecule has 0 spiro atoms. The Morgan fingerprint density at radius 2 is 2.05 bits per heavy atom. The number of aromatic nitrogens is 1. The number of carbonyl (C=O) groups excluding carboxylic acids is 1. The van der Waals surface area contributed by atoms with E-state index in [1.807, 2.05) is 25.1 Å². The number of fused-ring (bicyclic) bond motifs is 1. The second-order valence-corrected chi connectivity index (χ2v) is 4.66. The average Bonchev–Trinajstić information content (AvgIpc) is 2.92. The molecule has 2 aromatic heterocycles. The van der Waals surface area contributed by atoms with Crippen molar-refractivity contribution in [3.05, 3.63) is 53.6 Å². The highest BCUT2D eigenvalue weighted by Crippen LogP contribution is 2.23. The van der Waals surface area contributed by atoms with E-state index in [4.69, 9.17) is 10.2 Å². The Labute approximate surface area is 110 Å². The van der Waals surface area contributed by atoms with E-state index >= 15 is 0 Å². The van der Waals surface area contributed by atoms with Crippen molar-refractivity contribution in [1.82, 2.24) is 4.57 Å². The molecule has 0 unspecified atom stereocenters. The van der Waals surface area contributed by atoms with Crippen LogP contribution in [0.3, 0.4) is 0 Å². The van der Waals surface area contributed by atoms with Crippen molar-refractivity contribution in [1.29, 1.82) is 0 Å². The summed E-state index contributed by atoms with van der Waals surface area (Å²) in [6.07, 6.45) is 3.37. The molecular weight excluding hydrogens is 240 g/mol. The molecule has 0 aliphatic heterocycles. The standard InChI is InChI=1S/C15H14N2O2/c1-9-8-19-10(2)14(9)15(18)17-6-5-11-7-12(16)3-4-13(11)17/h3-8H,16H2,1-2H3. The van der Waals surface area contributed by atoms with Crippen LogP contribution < -0.4 is 5.73 Å². The maximum absolute atomic E-state index is 12.6. The Morgan fingerprint density at radius 3 is 2.74 bits per heavy atom. The highest BCUT2D eigenvalue weighted by Gasteiger charge is 2.18. The maximum Gasteiger partial charge on any atom is 0.266 e. The SMILES string of the molecule is Cc1coc(C)c1C(=O)n1ccc2cc(N)ccc21. The van der Waals surface area contributed by atoms with Crippen molar-refractivity contribution in [3.8, 4) is 0 Å². The second-order valence-electron chi connectivity index (χ2n) is 4.66. The van der Waals surface area contributed by atoms with Crippen molar-refractivity contribution in [2.75, 3.05) is 5.73 Å². The van der Waals surface area contributed by atoms with E-state index in [2.05, 4.69) is 0 Å². The van der Waals surface area contributed by atoms with Gasteiger partial charge in [-0.3, -0.25) is 9.36 Å². The molecule has 0 aliphatic rings. The normalized spacial score (nSPS) is 11.1. The van der Waals surface area contributed by atoms with E-state index in [0.29, 0.717) is 17.0 Å². The molecule has 2 N–H and O–H groups in total. The monoisotopic (exact) mass is 254 g/mol. The molecule has 96 valence electrons. The molecule has 0 saturated heterocycles. The number of carbonyl (C=O) groups is 1. The molecule has 0 amide bonds. The van der Waals surface area contributed by atoms with Gasteiger partial charge in [0.05, 0.1) is 17.3 Å². The lowest BCUT2D eigenvalue weighted by Gasteiger charge is -2.04. The lowest BCUT2D eigenvalue weighted by atomic mass is 10.1. The van der Waals surface area contributed by atoms with Gasteiger partial charge in [-0.15, -0.1) is 0 Å². The number of hydrogen-bond donors (Lipinski definition) is 1. The van der Waals surface area contributed by atoms with E-state index in [0.717, 1.165) is 16.5 Å². The van der Waals surface area contributed by atoms with Gasteiger partial charge >= 0.3 is 0 Å². The third-order valence-corrected chi connectivity index (χ3v) is 3.31. The number of hydrogen-bond acceptors (Lipinski definition) is 3. The molecule has 1 aromatic carbocycles. The smallest absolute Gasteiger partial charge is 0.266 e. The Kier molecular flexibility index (Phi) is 2.45. The van der Waals surface area contributed by atoms with Gasteiger partial charge in [0.1, 0.15) is 5.76 Å². The molecular formula is C15H14N2O2. The number of furan rings is 1. The number of anilines is 1. The van der Waals surface area contributed by atoms with Crippen LogP contribution in [0.1, 0.15) is 21.7 Å². The van der Waals surface area contributed by atoms with Crippen molar-refractivity contribution in [2.45, 2.75) is 13.8 Å². The average molecular weight is 254 g/mol. The van der Waals surface area contributed by atoms with Crippen LogP contribution in [0.25, 0.3) is 10.9 Å². The summed E-state index contributed by atoms with van der Waals surface area (Å²) >= 11 is 0. The van der Waals surface area contributed by atoms with Crippen molar-refractivity contribution >= 4 is 22.5 Å². The van der Waals surface area contributed by atoms with Gasteiger partial charge in [0.2, 0.25) is 0 Å². The topological polar surface area (TPSA) is 61.2 Å². The van der Waals surface area contributed by atoms with Gasteiger partial charge in [0, 0.05) is 22.8 Å². The number of aryl methyl sites for hydroxylation is 2. The van der Waals surface area contributed by atoms with Crippen LogP contribution in [0.15, 0.2) is 41.1 Å². The first-order valence-corrected chi connectivity index (χ1v) is 6.04. The summed E-state index contributed by atoms with van der Waals surface area (Å²) < 4.78 is 6.92. The lowest BCUT2D eigenvalue weighted by molar-refractivity contribution is 0.0963. The molecule has 0 radical (unpaired) electrons. The number of benzene rings is 1. The molecule has 4 heteroatoms. The highest BCUT2D eigenvalue weighted by atomic mass is 16.3. The molecule has 4 nitrogen and oxygen atoms in total. The van der Waals surface area contributed by atoms with Crippen LogP contribution in [0.5, 0.6) is 0 Å². The predicted molar refractivity (Wildman–Crippen MR) is 74.3 cm³/mol. The molecule has 3 rings (SSSR count). The minimum absolute atomic E-state index is 0.0801. The number of rotatable bonds is 1. The van der Waals surface area contributed by atoms with E-state index in [9.17, 15) is 4.79 Å². The van der Waals surface area contributed by atoms with Gasteiger partial charge < -0.3 is 10.2 Å². The fraction of sp³-hybridized carbons (Fsp3) is 0.133. The Morgan fingerprint density at radius 1 is 1.26 bits per heavy atom. The molecule has 0 aliphatic carbocycles. The Hall–Kier alpha value is -2.49. The first-order chi connectivity index (χ1) is 9.08. The highest BCUT2D eigenvalue weighted by molar-refractivity contribution is 6.03. The zero-order valence-electron chi connectivity index (χ0n) is 10.8. The summed E-state index contributed by atoms with van der Waals surface area (Å²) in [4.78, 5) is 12.6. The molecule has 0 saturated carbocycles. The van der Waals surface area contributed by atoms with Crippen LogP contribution in [-0.4, -0.2) is 10.5 Å². The van der Waals surface area contributed by atoms with Crippen LogP contribution >= 0.6 is 0 Å². The molecule has 2 heterocycles. The summed E-state index contributed by atoms with van der Waals surface area (Å²) in [7, 11) is 0. The van der Waals surface area contributed by atoms with E-state index < -0.39 is 0 Å². The summed E-state index contributed by atoms with van der Waals surface area (Å²) in [6.45, 7) is 3.66. The fourth-order valence-corrected chi connectivity index (χ4v) is 2.35. The molecule has 0 bridgehead atoms. The summed E-state index contributed by atoms with van der Waals surface area (Å²) in [6, 6.07) is 7.39. The van der Waals surface area contributed by atoms with Crippen LogP contribution in [0.2, 0.25) is 0 Å². The number of nitrogens with two attached hydrogens (primary N) is 1. The van der Waals surface area contributed by atoms with E-state index in [1.165, 1.54) is 0 Å². The van der Waals surface area contributed by atoms with Gasteiger partial charge in [-0.05, 0) is 38.1 Å². The van der Waals surface area contributed by atoms with Crippen molar-refractivity contribution in [3.63, 3.8) is 0 Å². The summed E-state index contributed by atoms with van der Waals surface area (Å²) in [5.74, 6) is 0.559. The fourth-order valence-electron chi connectivity index (χ4n) is 2.35. The third kappa shape index (κ3) is 1.73. The van der Waals surface area contributed by atoms with Crippen LogP contribution in [-0.2, 0) is 0 Å². The van der Waals surface area contributed by atoms with Gasteiger partial charge in [-0.1, -0.05) is 0 Å². The van der Waals surface area contributed by atoms with E-state index in [-0.39, 0.29) is 5.91 Å². The Bertz CT molecular complexity index is 761. The first kappa shape index (κ1) is 11.6. The van der Waals surface area contributed by atoms with Gasteiger partial charge in [0.15, 0.2) is 0 Å². The van der Waals surface area contributed by atoms with Gasteiger partial charge in [0.25, 0.3) is 5.91 Å². The third-order valence-electron chi connectivity index (χ3n) is 3.31. The minimum atomic E-state index is -0.0801. The lowest BCUT2D eigenvalue weighted by Crippen LogP contribution is -2.12. The largest absolute Gasteiger partial charge is 0.469 e. The van der Waals surface area contributed by atoms with Crippen molar-refractivity contribution in [2.24, 2.45) is 0 Å². The Balaban J connectivity index is 2.17. The van der Waals surface area contributed by atoms with E-state index in [1.54, 1.807) is 30.0 Å². The van der Waals surface area contributed by atoms with Crippen molar-refractivity contribution < 1.29 is 9.21 Å². The predicted octanol–water partition coefficient (Wildman–Crippen LogP) is 3.12. The quantitative estimate of drug-likeness (QED) is 0.679. The second kappa shape index (κ2) is 4.02. The molecule has 0 fully saturated rings. The van der Waals surface area contributed by atoms with Gasteiger partial charge in [-0.25, -0.2) is 0 Å². The maximum atomic E-state index is 12.6. The number of nitrogens with zero attached hydrogens (tertiary/aromatic N) is 1. The van der Waals surface area contributed by atoms with Crippen LogP contribution in [0.4, 0.5) is 5.69 Å². The molecule has 0 atom stereocenters. The first-order valence-electron chi connectivity index (χ1n) is 6.04. The minimum Gasteiger partial charge on any atom is -0.469 e. The number of nitrogen functional groups attached to an aromatic ring is 1. The zero-order chi connectivity index (χ0) is 13.6. The van der Waals surface area contributed by atoms with Crippen LogP contribution in [0, 0.1) is 13.8 Å². The summed E-state index contributed by atoms with van der Waals surface area (Å²) in [5.41, 5.74) is 8.74. The summed E-state index contributed by atoms with van der Waals surface area (Å²) in [5, 5.41) is 0.951. The molecule has 19 heavy (non-hydrogen) atoms. The van der Waals surface area contributed by atoms with Gasteiger partial charge in [-0.2, -0.15) is 0 Å². The molecule has 3 aromatic rings. The zero-order valence-corrected chi connectivity index (χ0v) is 10.8.